The Morgan fingerprint density at radius 3 is 1.41 bits per heavy atom. The van der Waals surface area contributed by atoms with Gasteiger partial charge in [-0.2, -0.15) is 0 Å². The molecule has 0 saturated carbocycles. The van der Waals surface area contributed by atoms with Crippen LogP contribution in [0, 0.1) is 0 Å². The van der Waals surface area contributed by atoms with Gasteiger partial charge in [0.25, 0.3) is 0 Å². The molecule has 0 aliphatic carbocycles. The van der Waals surface area contributed by atoms with E-state index in [2.05, 4.69) is 6.92 Å². The highest BCUT2D eigenvalue weighted by molar-refractivity contribution is 6.03. The van der Waals surface area contributed by atoms with Gasteiger partial charge in [0.2, 0.25) is 0 Å². The van der Waals surface area contributed by atoms with Gasteiger partial charge in [-0.1, -0.05) is 109 Å². The lowest BCUT2D eigenvalue weighted by Crippen LogP contribution is -2.16. The van der Waals surface area contributed by atoms with Crippen molar-refractivity contribution in [2.45, 2.75) is 110 Å². The lowest BCUT2D eigenvalue weighted by atomic mass is 10.0. The first-order valence-corrected chi connectivity index (χ1v) is 13.7. The number of hydrogen-bond acceptors (Lipinski definition) is 5. The maximum Gasteiger partial charge on any atom is 0.339 e. The van der Waals surface area contributed by atoms with Gasteiger partial charge in [-0.25, -0.2) is 9.59 Å². The van der Waals surface area contributed by atoms with E-state index in [9.17, 15) is 9.59 Å². The van der Waals surface area contributed by atoms with Crippen LogP contribution in [0.1, 0.15) is 131 Å². The molecule has 0 N–H and O–H groups in total. The molecule has 1 aromatic rings. The molecule has 0 fully saturated rings. The second kappa shape index (κ2) is 21.6. The van der Waals surface area contributed by atoms with Crippen molar-refractivity contribution in [1.82, 2.24) is 0 Å². The van der Waals surface area contributed by atoms with Crippen molar-refractivity contribution in [3.05, 3.63) is 35.4 Å². The van der Waals surface area contributed by atoms with Crippen LogP contribution in [0.2, 0.25) is 0 Å². The monoisotopic (exact) mass is 476 g/mol. The zero-order valence-corrected chi connectivity index (χ0v) is 21.8. The minimum Gasteiger partial charge on any atom is -0.462 e. The molecule has 194 valence electrons. The van der Waals surface area contributed by atoms with Crippen LogP contribution in [0.3, 0.4) is 0 Å². The lowest BCUT2D eigenvalue weighted by Gasteiger charge is -2.10. The van der Waals surface area contributed by atoms with Crippen LogP contribution < -0.4 is 0 Å². The van der Waals surface area contributed by atoms with Gasteiger partial charge in [0.15, 0.2) is 0 Å². The highest BCUT2D eigenvalue weighted by Gasteiger charge is 2.18. The van der Waals surface area contributed by atoms with Crippen molar-refractivity contribution < 1.29 is 23.8 Å². The Kier molecular flexibility index (Phi) is 19.2. The fourth-order valence-corrected chi connectivity index (χ4v) is 3.97. The summed E-state index contributed by atoms with van der Waals surface area (Å²) in [6, 6.07) is 6.63. The van der Waals surface area contributed by atoms with E-state index in [0.29, 0.717) is 19.8 Å². The minimum atomic E-state index is -0.528. The molecular formula is C29H48O5. The molecule has 0 aliphatic rings. The zero-order valence-electron chi connectivity index (χ0n) is 21.8. The van der Waals surface area contributed by atoms with E-state index in [1.807, 2.05) is 6.92 Å². The summed E-state index contributed by atoms with van der Waals surface area (Å²) in [6.07, 6.45) is 19.5. The third kappa shape index (κ3) is 15.1. The van der Waals surface area contributed by atoms with Gasteiger partial charge in [-0.15, -0.1) is 0 Å². The number of esters is 2. The van der Waals surface area contributed by atoms with Crippen LogP contribution in [0.25, 0.3) is 0 Å². The fraction of sp³-hybridized carbons (Fsp3) is 0.724. The molecule has 0 aromatic heterocycles. The third-order valence-corrected chi connectivity index (χ3v) is 6.01. The Morgan fingerprint density at radius 1 is 0.559 bits per heavy atom. The molecule has 5 heteroatoms. The van der Waals surface area contributed by atoms with E-state index in [-0.39, 0.29) is 17.7 Å². The van der Waals surface area contributed by atoms with Crippen LogP contribution in [0.15, 0.2) is 24.3 Å². The molecule has 5 nitrogen and oxygen atoms in total. The van der Waals surface area contributed by atoms with Gasteiger partial charge in [0, 0.05) is 6.61 Å². The Hall–Kier alpha value is -1.88. The summed E-state index contributed by atoms with van der Waals surface area (Å²) < 4.78 is 15.8. The van der Waals surface area contributed by atoms with E-state index in [1.165, 1.54) is 83.5 Å². The molecule has 1 rings (SSSR count). The molecule has 0 bridgehead atoms. The van der Waals surface area contributed by atoms with E-state index in [4.69, 9.17) is 14.2 Å². The van der Waals surface area contributed by atoms with Gasteiger partial charge >= 0.3 is 11.9 Å². The van der Waals surface area contributed by atoms with Crippen molar-refractivity contribution in [3.8, 4) is 0 Å². The number of unbranched alkanes of at least 4 members (excludes halogenated alkanes) is 14. The summed E-state index contributed by atoms with van der Waals surface area (Å²) in [5.41, 5.74) is 0.491. The molecule has 0 heterocycles. The summed E-state index contributed by atoms with van der Waals surface area (Å²) >= 11 is 0. The number of hydrogen-bond donors (Lipinski definition) is 0. The number of carbonyl (C=O) groups is 2. The van der Waals surface area contributed by atoms with E-state index >= 15 is 0 Å². The Morgan fingerprint density at radius 2 is 0.971 bits per heavy atom. The minimum absolute atomic E-state index is 0.162. The van der Waals surface area contributed by atoms with E-state index < -0.39 is 11.9 Å². The van der Waals surface area contributed by atoms with Gasteiger partial charge in [-0.3, -0.25) is 0 Å². The van der Waals surface area contributed by atoms with Crippen molar-refractivity contribution in [1.29, 1.82) is 0 Å². The quantitative estimate of drug-likeness (QED) is 0.126. The first-order chi connectivity index (χ1) is 16.7. The second-order valence-corrected chi connectivity index (χ2v) is 8.96. The number of ether oxygens (including phenoxy) is 3. The van der Waals surface area contributed by atoms with Gasteiger partial charge in [0.05, 0.1) is 24.3 Å². The molecule has 34 heavy (non-hydrogen) atoms. The smallest absolute Gasteiger partial charge is 0.339 e. The number of carbonyl (C=O) groups excluding carboxylic acids is 2. The molecule has 0 atom stereocenters. The fourth-order valence-electron chi connectivity index (χ4n) is 3.97. The van der Waals surface area contributed by atoms with Crippen molar-refractivity contribution in [2.75, 3.05) is 26.4 Å². The molecule has 1 aromatic carbocycles. The first-order valence-electron chi connectivity index (χ1n) is 13.7. The highest BCUT2D eigenvalue weighted by atomic mass is 16.6. The molecule has 0 amide bonds. The maximum atomic E-state index is 12.4. The average Bonchev–Trinajstić information content (AvgIpc) is 2.86. The van der Waals surface area contributed by atoms with Crippen molar-refractivity contribution >= 4 is 11.9 Å². The molecule has 0 saturated heterocycles. The summed E-state index contributed by atoms with van der Waals surface area (Å²) in [5, 5.41) is 0. The van der Waals surface area contributed by atoms with E-state index in [0.717, 1.165) is 12.8 Å². The van der Waals surface area contributed by atoms with Crippen LogP contribution in [-0.2, 0) is 14.2 Å². The summed E-state index contributed by atoms with van der Waals surface area (Å²) in [6.45, 7) is 5.60. The lowest BCUT2D eigenvalue weighted by molar-refractivity contribution is 0.0325. The zero-order chi connectivity index (χ0) is 24.7. The van der Waals surface area contributed by atoms with Crippen molar-refractivity contribution in [3.63, 3.8) is 0 Å². The second-order valence-electron chi connectivity index (χ2n) is 8.96. The first kappa shape index (κ1) is 30.2. The normalized spacial score (nSPS) is 10.9. The highest BCUT2D eigenvalue weighted by Crippen LogP contribution is 2.15. The molecule has 0 unspecified atom stereocenters. The SMILES string of the molecule is CCCCCCCCCCCCCCCCCOC(=O)c1ccccc1C(=O)OCCOCC. The molecule has 0 radical (unpaired) electrons. The van der Waals surface area contributed by atoms with E-state index in [1.54, 1.807) is 24.3 Å². The molecular weight excluding hydrogens is 428 g/mol. The van der Waals surface area contributed by atoms with Crippen molar-refractivity contribution in [2.24, 2.45) is 0 Å². The van der Waals surface area contributed by atoms with Gasteiger partial charge in [-0.05, 0) is 25.5 Å². The average molecular weight is 477 g/mol. The summed E-state index contributed by atoms with van der Waals surface area (Å²) in [5.74, 6) is -0.998. The van der Waals surface area contributed by atoms with Crippen LogP contribution in [-0.4, -0.2) is 38.4 Å². The largest absolute Gasteiger partial charge is 0.462 e. The van der Waals surface area contributed by atoms with Gasteiger partial charge in [0.1, 0.15) is 6.61 Å². The van der Waals surface area contributed by atoms with Crippen LogP contribution >= 0.6 is 0 Å². The Balaban J connectivity index is 2.05. The van der Waals surface area contributed by atoms with Gasteiger partial charge < -0.3 is 14.2 Å². The Labute approximate surface area is 207 Å². The Bertz CT molecular complexity index is 643. The number of benzene rings is 1. The van der Waals surface area contributed by atoms with Crippen LogP contribution in [0.4, 0.5) is 0 Å². The third-order valence-electron chi connectivity index (χ3n) is 6.01. The predicted molar refractivity (Wildman–Crippen MR) is 138 cm³/mol. The van der Waals surface area contributed by atoms with Crippen LogP contribution in [0.5, 0.6) is 0 Å². The molecule has 0 spiro atoms. The molecule has 0 aliphatic heterocycles. The predicted octanol–water partition coefficient (Wildman–Crippen LogP) is 7.91. The topological polar surface area (TPSA) is 61.8 Å². The standard InChI is InChI=1S/C29H48O5/c1-3-5-6-7-8-9-10-11-12-13-14-15-16-17-20-23-33-28(30)26-21-18-19-22-27(26)29(31)34-25-24-32-4-2/h18-19,21-22H,3-17,20,23-25H2,1-2H3. The maximum absolute atomic E-state index is 12.4. The summed E-state index contributed by atoms with van der Waals surface area (Å²) in [7, 11) is 0. The summed E-state index contributed by atoms with van der Waals surface area (Å²) in [4.78, 5) is 24.7. The number of rotatable bonds is 22.